The number of carbonyl (C=O) groups excluding carboxylic acids is 1. The maximum atomic E-state index is 14.3. The van der Waals surface area contributed by atoms with E-state index in [9.17, 15) is 13.6 Å². The second kappa shape index (κ2) is 7.89. The largest absolute Gasteiger partial charge is 0.497 e. The Morgan fingerprint density at radius 3 is 2.87 bits per heavy atom. The molecule has 2 amide bonds. The molecule has 1 aromatic carbocycles. The van der Waals surface area contributed by atoms with E-state index in [-0.39, 0.29) is 12.5 Å². The van der Waals surface area contributed by atoms with E-state index in [1.54, 1.807) is 19.1 Å². The highest BCUT2D eigenvalue weighted by molar-refractivity contribution is 6.17. The highest BCUT2D eigenvalue weighted by Crippen LogP contribution is 2.32. The number of nitrogens with one attached hydrogen (secondary N) is 1. The van der Waals surface area contributed by atoms with Crippen LogP contribution in [0.3, 0.4) is 0 Å². The summed E-state index contributed by atoms with van der Waals surface area (Å²) in [4.78, 5) is 24.2. The maximum absolute atomic E-state index is 14.3. The molecule has 1 N–H and O–H groups in total. The number of anilines is 1. The number of urea groups is 1. The van der Waals surface area contributed by atoms with Crippen molar-refractivity contribution in [3.8, 4) is 5.75 Å². The van der Waals surface area contributed by atoms with Gasteiger partial charge in [0.05, 0.1) is 26.4 Å². The molecule has 0 spiro atoms. The molecule has 3 aliphatic rings. The number of carbonyl (C=O) groups is 1. The summed E-state index contributed by atoms with van der Waals surface area (Å²) in [7, 11) is 3.17. The Morgan fingerprint density at radius 1 is 1.37 bits per heavy atom. The van der Waals surface area contributed by atoms with Gasteiger partial charge in [0.2, 0.25) is 11.9 Å². The number of rotatable bonds is 4. The van der Waals surface area contributed by atoms with Gasteiger partial charge in [0.1, 0.15) is 11.6 Å². The predicted molar refractivity (Wildman–Crippen MR) is 111 cm³/mol. The van der Waals surface area contributed by atoms with E-state index in [4.69, 9.17) is 4.74 Å². The number of hydrogen-bond donors (Lipinski definition) is 1. The van der Waals surface area contributed by atoms with E-state index in [2.05, 4.69) is 15.3 Å². The summed E-state index contributed by atoms with van der Waals surface area (Å²) in [6.45, 7) is 1.53. The molecule has 0 fully saturated rings. The lowest BCUT2D eigenvalue weighted by Gasteiger charge is -2.36. The van der Waals surface area contributed by atoms with Crippen molar-refractivity contribution in [2.45, 2.75) is 19.4 Å². The van der Waals surface area contributed by atoms with Crippen LogP contribution < -0.4 is 10.1 Å². The van der Waals surface area contributed by atoms with Gasteiger partial charge in [-0.15, -0.1) is 0 Å². The molecule has 0 saturated carbocycles. The van der Waals surface area contributed by atoms with Gasteiger partial charge in [-0.1, -0.05) is 12.1 Å². The van der Waals surface area contributed by atoms with Gasteiger partial charge in [-0.05, 0) is 36.6 Å². The summed E-state index contributed by atoms with van der Waals surface area (Å²) < 4.78 is 32.6. The molecule has 0 aromatic heterocycles. The van der Waals surface area contributed by atoms with E-state index in [1.807, 2.05) is 31.2 Å². The van der Waals surface area contributed by atoms with Crippen LogP contribution >= 0.6 is 0 Å². The summed E-state index contributed by atoms with van der Waals surface area (Å²) >= 11 is 0. The number of methoxy groups -OCH3 is 1. The Bertz CT molecular complexity index is 1000. The zero-order valence-corrected chi connectivity index (χ0v) is 17.0. The quantitative estimate of drug-likeness (QED) is 0.815. The van der Waals surface area contributed by atoms with E-state index in [0.29, 0.717) is 29.8 Å². The van der Waals surface area contributed by atoms with Gasteiger partial charge in [0.15, 0.2) is 0 Å². The predicted octanol–water partition coefficient (Wildman–Crippen LogP) is 3.65. The SMILES string of the molecule is COc1ccc(C)c(NC2=NC(=O)N(C)C3=NCC(C4=CCC(CF)C(F)=C4)N23)c1. The number of aryl methyl sites for hydroxylation is 1. The molecule has 7 nitrogen and oxygen atoms in total. The Morgan fingerprint density at radius 2 is 2.17 bits per heavy atom. The summed E-state index contributed by atoms with van der Waals surface area (Å²) in [6, 6.07) is 4.75. The van der Waals surface area contributed by atoms with Gasteiger partial charge in [0, 0.05) is 24.7 Å². The van der Waals surface area contributed by atoms with Crippen molar-refractivity contribution in [1.82, 2.24) is 9.80 Å². The Balaban J connectivity index is 1.68. The zero-order valence-electron chi connectivity index (χ0n) is 17.0. The number of hydrogen-bond acceptors (Lipinski definition) is 5. The fraction of sp³-hybridized carbons (Fsp3) is 0.381. The first-order valence-electron chi connectivity index (χ1n) is 9.67. The standard InChI is InChI=1S/C21H23F2N5O2/c1-12-4-7-15(30-3)9-17(12)25-19-26-21(29)27(2)20-24-11-18(28(19)20)13-5-6-14(10-22)16(23)8-13/h4-5,7-9,14,18H,6,10-11H2,1-3H3,(H,25,26,29). The second-order valence-electron chi connectivity index (χ2n) is 7.43. The average molecular weight is 415 g/mol. The van der Waals surface area contributed by atoms with Gasteiger partial charge >= 0.3 is 6.03 Å². The van der Waals surface area contributed by atoms with Gasteiger partial charge in [-0.3, -0.25) is 14.2 Å². The fourth-order valence-electron chi connectivity index (χ4n) is 3.70. The van der Waals surface area contributed by atoms with Crippen molar-refractivity contribution in [2.24, 2.45) is 15.9 Å². The van der Waals surface area contributed by atoms with Gasteiger partial charge < -0.3 is 10.1 Å². The molecule has 0 bridgehead atoms. The monoisotopic (exact) mass is 415 g/mol. The van der Waals surface area contributed by atoms with Crippen LogP contribution in [0, 0.1) is 12.8 Å². The van der Waals surface area contributed by atoms with Crippen LogP contribution in [0.5, 0.6) is 5.75 Å². The topological polar surface area (TPSA) is 69.5 Å². The first kappa shape index (κ1) is 20.1. The second-order valence-corrected chi connectivity index (χ2v) is 7.43. The highest BCUT2D eigenvalue weighted by atomic mass is 19.1. The van der Waals surface area contributed by atoms with Crippen LogP contribution in [-0.4, -0.2) is 61.2 Å². The Labute approximate surface area is 173 Å². The third-order valence-corrected chi connectivity index (χ3v) is 5.54. The van der Waals surface area contributed by atoms with Crippen LogP contribution in [0.2, 0.25) is 0 Å². The van der Waals surface area contributed by atoms with E-state index in [0.717, 1.165) is 11.3 Å². The van der Waals surface area contributed by atoms with Crippen LogP contribution in [-0.2, 0) is 0 Å². The van der Waals surface area contributed by atoms with Gasteiger partial charge in [-0.2, -0.15) is 4.99 Å². The molecule has 0 saturated heterocycles. The van der Waals surface area contributed by atoms with E-state index in [1.165, 1.54) is 11.0 Å². The molecule has 158 valence electrons. The van der Waals surface area contributed by atoms with E-state index < -0.39 is 24.5 Å². The number of halogens is 2. The van der Waals surface area contributed by atoms with Crippen LogP contribution in [0.25, 0.3) is 0 Å². The van der Waals surface area contributed by atoms with Crippen molar-refractivity contribution in [2.75, 3.05) is 32.7 Å². The fourth-order valence-corrected chi connectivity index (χ4v) is 3.70. The molecule has 2 unspecified atom stereocenters. The summed E-state index contributed by atoms with van der Waals surface area (Å²) in [5.41, 5.74) is 2.36. The third kappa shape index (κ3) is 3.44. The van der Waals surface area contributed by atoms with Gasteiger partial charge in [-0.25, -0.2) is 14.2 Å². The van der Waals surface area contributed by atoms with Crippen molar-refractivity contribution >= 4 is 23.6 Å². The minimum Gasteiger partial charge on any atom is -0.497 e. The number of benzene rings is 1. The van der Waals surface area contributed by atoms with E-state index >= 15 is 0 Å². The van der Waals surface area contributed by atoms with Crippen molar-refractivity contribution in [1.29, 1.82) is 0 Å². The molecule has 1 aromatic rings. The van der Waals surface area contributed by atoms with Gasteiger partial charge in [0.25, 0.3) is 0 Å². The van der Waals surface area contributed by atoms with Crippen molar-refractivity contribution < 1.29 is 18.3 Å². The number of ether oxygens (including phenoxy) is 1. The number of fused-ring (bicyclic) bond motifs is 1. The first-order chi connectivity index (χ1) is 14.4. The van der Waals surface area contributed by atoms with Crippen molar-refractivity contribution in [3.63, 3.8) is 0 Å². The lowest BCUT2D eigenvalue weighted by molar-refractivity contribution is 0.230. The maximum Gasteiger partial charge on any atom is 0.353 e. The minimum absolute atomic E-state index is 0.289. The summed E-state index contributed by atoms with van der Waals surface area (Å²) in [5, 5.41) is 3.21. The molecule has 30 heavy (non-hydrogen) atoms. The van der Waals surface area contributed by atoms with Crippen molar-refractivity contribution in [3.05, 3.63) is 47.3 Å². The first-order valence-corrected chi connectivity index (χ1v) is 9.67. The molecule has 2 heterocycles. The molecule has 4 rings (SSSR count). The molecule has 2 atom stereocenters. The van der Waals surface area contributed by atoms with Crippen LogP contribution in [0.1, 0.15) is 12.0 Å². The Kier molecular flexibility index (Phi) is 5.27. The molecule has 9 heteroatoms. The minimum atomic E-state index is -0.733. The molecule has 0 radical (unpaired) electrons. The number of amides is 2. The number of nitrogens with zero attached hydrogens (tertiary/aromatic N) is 4. The average Bonchev–Trinajstić information content (AvgIpc) is 3.19. The molecular formula is C21H23F2N5O2. The molecule has 1 aliphatic carbocycles. The highest BCUT2D eigenvalue weighted by Gasteiger charge is 2.41. The number of guanidine groups is 2. The van der Waals surface area contributed by atoms with Crippen LogP contribution in [0.4, 0.5) is 19.3 Å². The zero-order chi connectivity index (χ0) is 21.4. The third-order valence-electron chi connectivity index (χ3n) is 5.54. The summed E-state index contributed by atoms with van der Waals surface area (Å²) in [6.07, 6.45) is 3.50. The normalized spacial score (nSPS) is 23.4. The molecular weight excluding hydrogens is 392 g/mol. The number of alkyl halides is 1. The number of aliphatic imine (C=N–C) groups is 2. The number of allylic oxidation sites excluding steroid dienone is 2. The lowest BCUT2D eigenvalue weighted by Crippen LogP contribution is -2.55. The lowest BCUT2D eigenvalue weighted by atomic mass is 9.92. The molecule has 2 aliphatic heterocycles. The summed E-state index contributed by atoms with van der Waals surface area (Å²) in [5.74, 6) is 0.197. The van der Waals surface area contributed by atoms with Crippen LogP contribution in [0.15, 0.2) is 51.7 Å². The smallest absolute Gasteiger partial charge is 0.353 e. The Hall–Kier alpha value is -3.23.